The molecule has 0 aromatic heterocycles. The third-order valence-corrected chi connectivity index (χ3v) is 10.9. The fraction of sp³-hybridized carbons (Fsp3) is 1.00. The Morgan fingerprint density at radius 2 is 0.357 bits per heavy atom. The molecule has 0 aliphatic carbocycles. The van der Waals surface area contributed by atoms with Crippen molar-refractivity contribution in [2.45, 2.75) is 159 Å². The van der Waals surface area contributed by atoms with Gasteiger partial charge in [-0.1, -0.05) is 12.8 Å². The lowest BCUT2D eigenvalue weighted by atomic mass is 9.88. The van der Waals surface area contributed by atoms with Crippen molar-refractivity contribution in [1.82, 2.24) is 0 Å². The van der Waals surface area contributed by atoms with Gasteiger partial charge in [-0.2, -0.15) is 149 Å². The first-order valence-electron chi connectivity index (χ1n) is 19.2. The van der Waals surface area contributed by atoms with Crippen molar-refractivity contribution in [1.29, 1.82) is 0 Å². The van der Waals surface area contributed by atoms with Gasteiger partial charge in [0.25, 0.3) is 0 Å². The number of halogens is 34. The molecule has 0 amide bonds. The summed E-state index contributed by atoms with van der Waals surface area (Å²) in [5.41, 5.74) is 0. The van der Waals surface area contributed by atoms with E-state index in [0.717, 1.165) is 0 Å². The van der Waals surface area contributed by atoms with Gasteiger partial charge in [0.05, 0.1) is 54.4 Å². The van der Waals surface area contributed by atoms with Gasteiger partial charge >= 0.3 is 95.3 Å². The Balaban J connectivity index is 5.33. The number of hydrogen-bond donors (Lipinski definition) is 0. The van der Waals surface area contributed by atoms with E-state index >= 15 is 0 Å². The van der Waals surface area contributed by atoms with Crippen LogP contribution in [0.15, 0.2) is 0 Å². The molecule has 0 aliphatic heterocycles. The van der Waals surface area contributed by atoms with Crippen molar-refractivity contribution in [3.05, 3.63) is 0 Å². The molecule has 0 fully saturated rings. The van der Waals surface area contributed by atoms with Crippen LogP contribution in [0.4, 0.5) is 149 Å². The summed E-state index contributed by atoms with van der Waals surface area (Å²) in [6.45, 7) is -1.67. The van der Waals surface area contributed by atoms with Gasteiger partial charge in [0.1, 0.15) is 0 Å². The van der Waals surface area contributed by atoms with Crippen LogP contribution in [0.2, 0.25) is 0 Å². The number of alkyl halides is 34. The van der Waals surface area contributed by atoms with Crippen molar-refractivity contribution in [3.8, 4) is 0 Å². The molecule has 0 bridgehead atoms. The molecule has 36 heteroatoms. The number of nitrogens with zero attached hydrogens (tertiary/aromatic N) is 2. The molecular weight excluding hydrogens is 1080 g/mol. The molecule has 0 saturated carbocycles. The second kappa shape index (κ2) is 20.0. The van der Waals surface area contributed by atoms with Crippen LogP contribution < -0.4 is 0 Å². The van der Waals surface area contributed by atoms with Crippen LogP contribution in [0.1, 0.15) is 64.2 Å². The molecule has 2 nitrogen and oxygen atoms in total. The van der Waals surface area contributed by atoms with Crippen LogP contribution >= 0.6 is 0 Å². The zero-order chi connectivity index (χ0) is 56.9. The minimum absolute atomic E-state index is 0.0923. The van der Waals surface area contributed by atoms with Crippen LogP contribution in [-0.4, -0.2) is 159 Å². The predicted molar refractivity (Wildman–Crippen MR) is 171 cm³/mol. The van der Waals surface area contributed by atoms with Gasteiger partial charge < -0.3 is 8.97 Å². The molecule has 0 radical (unpaired) electrons. The van der Waals surface area contributed by atoms with Crippen molar-refractivity contribution in [3.63, 3.8) is 0 Å². The molecule has 70 heavy (non-hydrogen) atoms. The van der Waals surface area contributed by atoms with E-state index in [1.807, 2.05) is 0 Å². The highest BCUT2D eigenvalue weighted by atomic mass is 19.4. The van der Waals surface area contributed by atoms with Gasteiger partial charge in [-0.15, -0.1) is 0 Å². The Morgan fingerprint density at radius 3 is 0.557 bits per heavy atom. The normalized spacial score (nSPS) is 16.4. The third-order valence-electron chi connectivity index (χ3n) is 10.9. The average Bonchev–Trinajstić information content (AvgIpc) is 3.13. The van der Waals surface area contributed by atoms with Gasteiger partial charge in [-0.25, -0.2) is 0 Å². The lowest BCUT2D eigenvalue weighted by molar-refractivity contribution is -0.891. The molecule has 422 valence electrons. The first-order chi connectivity index (χ1) is 30.1. The minimum atomic E-state index is -8.76. The summed E-state index contributed by atoms with van der Waals surface area (Å²) in [5, 5.41) is 0. The van der Waals surface area contributed by atoms with Gasteiger partial charge in [-0.3, -0.25) is 0 Å². The largest absolute Gasteiger partial charge is 0.460 e. The summed E-state index contributed by atoms with van der Waals surface area (Å²) in [5.74, 6) is -114. The highest BCUT2D eigenvalue weighted by molar-refractivity contribution is 5.16. The second-order valence-corrected chi connectivity index (χ2v) is 17.4. The Bertz CT molecular complexity index is 1570. The number of rotatable bonds is 29. The van der Waals surface area contributed by atoms with Crippen LogP contribution in [0.3, 0.4) is 0 Å². The molecule has 0 aliphatic rings. The van der Waals surface area contributed by atoms with Gasteiger partial charge in [0.2, 0.25) is 0 Å². The standard InChI is InChI=1S/C34H40F34N2/c1-69(2,17-11-13-19(35,36)21(39,40)23(43,44)25(47,48)27(51,52)29(55,56)31(59,60)33(63,64)65)15-9-7-5-6-8-10-16-70(3,4)18-12-14-20(37,38)22(41,42)24(45,46)26(49,50)28(53,54)30(57,58)32(61,62)34(66,67)68/h5-18H2,1-4H3/q+2. The van der Waals surface area contributed by atoms with Crippen LogP contribution in [0.5, 0.6) is 0 Å². The molecule has 0 atom stereocenters. The molecular formula is C34H40F34N2+2. The summed E-state index contributed by atoms with van der Waals surface area (Å²) >= 11 is 0. The quantitative estimate of drug-likeness (QED) is 0.0398. The molecule has 0 saturated heterocycles. The van der Waals surface area contributed by atoms with E-state index in [-0.39, 0.29) is 51.6 Å². The fourth-order valence-corrected chi connectivity index (χ4v) is 6.18. The number of unbranched alkanes of at least 4 members (excludes halogenated alkanes) is 5. The lowest BCUT2D eigenvalue weighted by Crippen LogP contribution is -2.74. The monoisotopic (exact) mass is 1120 g/mol. The zero-order valence-corrected chi connectivity index (χ0v) is 35.6. The highest BCUT2D eigenvalue weighted by Gasteiger charge is 2.97. The molecule has 0 heterocycles. The molecule has 0 unspecified atom stereocenters. The molecule has 0 aromatic rings. The Labute approximate surface area is 372 Å². The minimum Gasteiger partial charge on any atom is -0.328 e. The van der Waals surface area contributed by atoms with Crippen molar-refractivity contribution >= 4 is 0 Å². The van der Waals surface area contributed by atoms with Crippen LogP contribution in [0.25, 0.3) is 0 Å². The predicted octanol–water partition coefficient (Wildman–Crippen LogP) is 15.1. The van der Waals surface area contributed by atoms with Crippen molar-refractivity contribution in [2.75, 3.05) is 54.4 Å². The van der Waals surface area contributed by atoms with E-state index in [1.165, 1.54) is 28.2 Å². The van der Waals surface area contributed by atoms with E-state index in [9.17, 15) is 149 Å². The van der Waals surface area contributed by atoms with E-state index in [0.29, 0.717) is 0 Å². The van der Waals surface area contributed by atoms with E-state index in [2.05, 4.69) is 0 Å². The summed E-state index contributed by atoms with van der Waals surface area (Å²) in [6, 6.07) is 0. The van der Waals surface area contributed by atoms with Crippen molar-refractivity contribution in [2.24, 2.45) is 0 Å². The second-order valence-electron chi connectivity index (χ2n) is 17.4. The van der Waals surface area contributed by atoms with Gasteiger partial charge in [0, 0.05) is 25.7 Å². The Hall–Kier alpha value is -2.46. The molecule has 0 spiro atoms. The third kappa shape index (κ3) is 11.7. The van der Waals surface area contributed by atoms with Crippen LogP contribution in [-0.2, 0) is 0 Å². The SMILES string of the molecule is C[N+](C)(CCCCCCCC[N+](C)(C)CCCC(F)(F)C(F)(F)C(F)(F)C(F)(F)C(F)(F)C(F)(F)C(F)(F)C(F)(F)F)CCCC(F)(F)C(F)(F)C(F)(F)C(F)(F)C(F)(F)C(F)(F)C(F)(F)C(F)(F)F. The fourth-order valence-electron chi connectivity index (χ4n) is 6.18. The maximum absolute atomic E-state index is 14.3. The maximum Gasteiger partial charge on any atom is 0.460 e. The molecule has 0 rings (SSSR count). The van der Waals surface area contributed by atoms with Gasteiger partial charge in [0.15, 0.2) is 0 Å². The zero-order valence-electron chi connectivity index (χ0n) is 35.6. The first-order valence-corrected chi connectivity index (χ1v) is 19.2. The highest BCUT2D eigenvalue weighted by Crippen LogP contribution is 2.66. The summed E-state index contributed by atoms with van der Waals surface area (Å²) < 4.78 is 458. The molecule has 0 N–H and O–H groups in total. The van der Waals surface area contributed by atoms with Gasteiger partial charge in [-0.05, 0) is 25.7 Å². The maximum atomic E-state index is 14.3. The van der Waals surface area contributed by atoms with E-state index in [1.54, 1.807) is 0 Å². The lowest BCUT2D eigenvalue weighted by Gasteiger charge is -2.43. The summed E-state index contributed by atoms with van der Waals surface area (Å²) in [6.07, 6.45) is -22.5. The van der Waals surface area contributed by atoms with E-state index in [4.69, 9.17) is 0 Å². The number of hydrogen-bond acceptors (Lipinski definition) is 0. The Kier molecular flexibility index (Phi) is 19.3. The van der Waals surface area contributed by atoms with Crippen molar-refractivity contribution < 1.29 is 158 Å². The average molecular weight is 1120 g/mol. The Morgan fingerprint density at radius 1 is 0.200 bits per heavy atom. The molecule has 0 aromatic carbocycles. The first kappa shape index (κ1) is 67.5. The summed E-state index contributed by atoms with van der Waals surface area (Å²) in [7, 11) is 4.69. The summed E-state index contributed by atoms with van der Waals surface area (Å²) in [4.78, 5) is 0. The van der Waals surface area contributed by atoms with E-state index < -0.39 is 143 Å². The topological polar surface area (TPSA) is 0 Å². The number of quaternary nitrogens is 2. The smallest absolute Gasteiger partial charge is 0.328 e. The van der Waals surface area contributed by atoms with Crippen LogP contribution in [0, 0.1) is 0 Å².